The molecule has 0 saturated heterocycles. The summed E-state index contributed by atoms with van der Waals surface area (Å²) in [5, 5.41) is 0.966. The lowest BCUT2D eigenvalue weighted by Crippen LogP contribution is -2.10. The summed E-state index contributed by atoms with van der Waals surface area (Å²) < 4.78 is 7.33. The zero-order valence-electron chi connectivity index (χ0n) is 15.0. The number of pyridine rings is 1. The lowest BCUT2D eigenvalue weighted by molar-refractivity contribution is -0.132. The molecule has 0 bridgehead atoms. The molecule has 0 fully saturated rings. The molecule has 26 heavy (non-hydrogen) atoms. The first kappa shape index (κ1) is 18.2. The van der Waals surface area contributed by atoms with E-state index in [2.05, 4.69) is 35.9 Å². The Balaban J connectivity index is 2.08. The Labute approximate surface area is 157 Å². The molecule has 2 aromatic heterocycles. The fourth-order valence-corrected chi connectivity index (χ4v) is 3.67. The molecule has 6 heteroatoms. The van der Waals surface area contributed by atoms with Crippen molar-refractivity contribution in [2.75, 3.05) is 0 Å². The summed E-state index contributed by atoms with van der Waals surface area (Å²) in [5.74, 6) is -0.190. The first-order valence-electron chi connectivity index (χ1n) is 8.46. The Morgan fingerprint density at radius 3 is 2.50 bits per heavy atom. The van der Waals surface area contributed by atoms with Crippen molar-refractivity contribution >= 4 is 17.7 Å². The molecule has 0 aliphatic heterocycles. The quantitative estimate of drug-likeness (QED) is 0.599. The van der Waals surface area contributed by atoms with Crippen LogP contribution in [0.5, 0.6) is 6.01 Å². The molecule has 0 aliphatic carbocycles. The third-order valence-electron chi connectivity index (χ3n) is 3.70. The van der Waals surface area contributed by atoms with Gasteiger partial charge < -0.3 is 4.74 Å². The Bertz CT molecular complexity index is 877. The zero-order chi connectivity index (χ0) is 18.5. The average molecular weight is 367 g/mol. The molecule has 0 radical (unpaired) electrons. The number of hydrogen-bond acceptors (Lipinski definition) is 5. The predicted octanol–water partition coefficient (Wildman–Crippen LogP) is 4.53. The van der Waals surface area contributed by atoms with Gasteiger partial charge in [0.25, 0.3) is 0 Å². The van der Waals surface area contributed by atoms with Gasteiger partial charge in [-0.05, 0) is 30.2 Å². The van der Waals surface area contributed by atoms with Crippen molar-refractivity contribution in [3.05, 3.63) is 66.1 Å². The summed E-state index contributed by atoms with van der Waals surface area (Å²) in [6.45, 7) is 6.04. The monoisotopic (exact) mass is 367 g/mol. The summed E-state index contributed by atoms with van der Waals surface area (Å²) in [5.41, 5.74) is 1.79. The third kappa shape index (κ3) is 4.32. The molecule has 0 atom stereocenters. The first-order valence-corrected chi connectivity index (χ1v) is 9.28. The highest BCUT2D eigenvalue weighted by atomic mass is 32.2. The Morgan fingerprint density at radius 2 is 1.88 bits per heavy atom. The van der Waals surface area contributed by atoms with Gasteiger partial charge in [0, 0.05) is 18.0 Å². The van der Waals surface area contributed by atoms with Gasteiger partial charge in [-0.15, -0.1) is 0 Å². The number of benzene rings is 1. The number of aromatic nitrogens is 3. The minimum atomic E-state index is -0.385. The van der Waals surface area contributed by atoms with Gasteiger partial charge in [-0.25, -0.2) is 0 Å². The van der Waals surface area contributed by atoms with Gasteiger partial charge in [0.1, 0.15) is 5.03 Å². The number of rotatable bonds is 6. The maximum atomic E-state index is 11.6. The first-order chi connectivity index (χ1) is 12.5. The maximum absolute atomic E-state index is 11.6. The number of ether oxygens (including phenoxy) is 1. The van der Waals surface area contributed by atoms with Crippen LogP contribution in [-0.2, 0) is 11.3 Å². The van der Waals surface area contributed by atoms with E-state index >= 15 is 0 Å². The normalized spacial score (nSPS) is 10.9. The molecule has 0 amide bonds. The molecule has 2 heterocycles. The molecule has 3 rings (SSSR count). The minimum Gasteiger partial charge on any atom is -0.392 e. The average Bonchev–Trinajstić information content (AvgIpc) is 2.94. The van der Waals surface area contributed by atoms with Crippen LogP contribution < -0.4 is 4.74 Å². The fourth-order valence-electron chi connectivity index (χ4n) is 2.52. The minimum absolute atomic E-state index is 0.195. The summed E-state index contributed by atoms with van der Waals surface area (Å²) in [6.07, 6.45) is 1.76. The maximum Gasteiger partial charge on any atom is 0.310 e. The molecule has 0 aliphatic rings. The van der Waals surface area contributed by atoms with Gasteiger partial charge in [0.2, 0.25) is 0 Å². The van der Waals surface area contributed by atoms with Crippen LogP contribution in [0.2, 0.25) is 0 Å². The van der Waals surface area contributed by atoms with Gasteiger partial charge in [-0.3, -0.25) is 14.3 Å². The van der Waals surface area contributed by atoms with Crippen molar-refractivity contribution in [3.8, 4) is 6.01 Å². The summed E-state index contributed by atoms with van der Waals surface area (Å²) in [7, 11) is 0. The van der Waals surface area contributed by atoms with Crippen molar-refractivity contribution in [2.45, 2.75) is 43.2 Å². The standard InChI is InChI=1S/C20H21N3O2S/c1-14(2)18-19(26-17-10-5-4-6-11-17)23(20(22-18)25-15(3)24)13-16-9-7-8-12-21-16/h4-12,14H,13H2,1-3H3. The zero-order valence-corrected chi connectivity index (χ0v) is 15.9. The highest BCUT2D eigenvalue weighted by Crippen LogP contribution is 2.37. The van der Waals surface area contributed by atoms with Crippen LogP contribution in [0.25, 0.3) is 0 Å². The van der Waals surface area contributed by atoms with Gasteiger partial charge in [-0.2, -0.15) is 4.98 Å². The number of esters is 1. The van der Waals surface area contributed by atoms with Crippen LogP contribution in [0.15, 0.2) is 64.6 Å². The van der Waals surface area contributed by atoms with Gasteiger partial charge >= 0.3 is 12.0 Å². The van der Waals surface area contributed by atoms with E-state index in [0.29, 0.717) is 12.6 Å². The van der Waals surface area contributed by atoms with Crippen LogP contribution in [0, 0.1) is 0 Å². The molecule has 5 nitrogen and oxygen atoms in total. The highest BCUT2D eigenvalue weighted by Gasteiger charge is 2.23. The second-order valence-electron chi connectivity index (χ2n) is 6.16. The van der Waals surface area contributed by atoms with E-state index < -0.39 is 0 Å². The highest BCUT2D eigenvalue weighted by molar-refractivity contribution is 7.99. The van der Waals surface area contributed by atoms with E-state index in [9.17, 15) is 4.79 Å². The SMILES string of the molecule is CC(=O)Oc1nc(C(C)C)c(Sc2ccccc2)n1Cc1ccccn1. The second-order valence-corrected chi connectivity index (χ2v) is 7.22. The van der Waals surface area contributed by atoms with E-state index in [1.807, 2.05) is 41.0 Å². The summed E-state index contributed by atoms with van der Waals surface area (Å²) in [4.78, 5) is 21.7. The summed E-state index contributed by atoms with van der Waals surface area (Å²) in [6, 6.07) is 16.2. The van der Waals surface area contributed by atoms with Crippen LogP contribution in [0.1, 0.15) is 38.1 Å². The van der Waals surface area contributed by atoms with Crippen molar-refractivity contribution in [2.24, 2.45) is 0 Å². The second kappa shape index (κ2) is 8.19. The van der Waals surface area contributed by atoms with E-state index in [4.69, 9.17) is 4.74 Å². The van der Waals surface area contributed by atoms with Crippen molar-refractivity contribution in [3.63, 3.8) is 0 Å². The van der Waals surface area contributed by atoms with E-state index in [0.717, 1.165) is 21.3 Å². The molecule has 134 valence electrons. The van der Waals surface area contributed by atoms with E-state index in [-0.39, 0.29) is 11.9 Å². The number of imidazole rings is 1. The van der Waals surface area contributed by atoms with Crippen LogP contribution in [0.3, 0.4) is 0 Å². The van der Waals surface area contributed by atoms with Crippen molar-refractivity contribution in [1.82, 2.24) is 14.5 Å². The predicted molar refractivity (Wildman–Crippen MR) is 102 cm³/mol. The Kier molecular flexibility index (Phi) is 5.73. The fraction of sp³-hybridized carbons (Fsp3) is 0.250. The molecule has 0 saturated carbocycles. The molecule has 1 aromatic carbocycles. The smallest absolute Gasteiger partial charge is 0.310 e. The lowest BCUT2D eigenvalue weighted by atomic mass is 10.1. The summed E-state index contributed by atoms with van der Waals surface area (Å²) >= 11 is 1.62. The largest absolute Gasteiger partial charge is 0.392 e. The molecular weight excluding hydrogens is 346 g/mol. The van der Waals surface area contributed by atoms with Gasteiger partial charge in [0.05, 0.1) is 17.9 Å². The molecule has 0 N–H and O–H groups in total. The van der Waals surface area contributed by atoms with E-state index in [1.165, 1.54) is 6.92 Å². The van der Waals surface area contributed by atoms with Crippen molar-refractivity contribution in [1.29, 1.82) is 0 Å². The third-order valence-corrected chi connectivity index (χ3v) is 4.83. The van der Waals surface area contributed by atoms with Gasteiger partial charge in [-0.1, -0.05) is 49.9 Å². The number of carbonyl (C=O) groups is 1. The number of nitrogens with zero attached hydrogens (tertiary/aromatic N) is 3. The van der Waals surface area contributed by atoms with Crippen LogP contribution >= 0.6 is 11.8 Å². The van der Waals surface area contributed by atoms with Crippen LogP contribution in [0.4, 0.5) is 0 Å². The molecular formula is C20H21N3O2S. The Morgan fingerprint density at radius 1 is 1.15 bits per heavy atom. The molecule has 0 unspecified atom stereocenters. The molecule has 0 spiro atoms. The van der Waals surface area contributed by atoms with E-state index in [1.54, 1.807) is 18.0 Å². The van der Waals surface area contributed by atoms with Gasteiger partial charge in [0.15, 0.2) is 0 Å². The number of hydrogen-bond donors (Lipinski definition) is 0. The molecule has 3 aromatic rings. The van der Waals surface area contributed by atoms with Crippen molar-refractivity contribution < 1.29 is 9.53 Å². The topological polar surface area (TPSA) is 57.0 Å². The Hall–Kier alpha value is -2.60. The lowest BCUT2D eigenvalue weighted by Gasteiger charge is -2.12. The number of carbonyl (C=O) groups excluding carboxylic acids is 1. The van der Waals surface area contributed by atoms with Crippen LogP contribution in [-0.4, -0.2) is 20.5 Å².